The molecule has 0 saturated heterocycles. The number of rotatable bonds is 4. The van der Waals surface area contributed by atoms with Crippen molar-refractivity contribution in [1.82, 2.24) is 0 Å². The summed E-state index contributed by atoms with van der Waals surface area (Å²) in [6, 6.07) is 22.7. The van der Waals surface area contributed by atoms with Gasteiger partial charge in [-0.05, 0) is 61.6 Å². The van der Waals surface area contributed by atoms with E-state index in [1.54, 1.807) is 12.1 Å². The van der Waals surface area contributed by atoms with E-state index < -0.39 is 74.7 Å². The summed E-state index contributed by atoms with van der Waals surface area (Å²) in [4.78, 5) is 0. The highest BCUT2D eigenvalue weighted by Crippen LogP contribution is 2.42. The summed E-state index contributed by atoms with van der Waals surface area (Å²) in [6.07, 6.45) is 0. The normalized spacial score (nSPS) is 11.8. The Morgan fingerprint density at radius 2 is 0.733 bits per heavy atom. The van der Waals surface area contributed by atoms with E-state index in [4.69, 9.17) is 0 Å². The van der Waals surface area contributed by atoms with Gasteiger partial charge < -0.3 is 0 Å². The first-order valence-electron chi connectivity index (χ1n) is 13.7. The second kappa shape index (κ2) is 10.7. The summed E-state index contributed by atoms with van der Waals surface area (Å²) >= 11 is 0. The molecule has 222 valence electrons. The van der Waals surface area contributed by atoms with Gasteiger partial charge >= 0.3 is 0 Å². The molecule has 7 aromatic carbocycles. The SMILES string of the molecule is Fc1cc(F)c(C(c2cc(F)c(-c3ccc4c5ccccc5c5ccccc5c4c3)c(F)c2)c2c(F)cc(F)cc2F)c(F)c1. The third-order valence-electron chi connectivity index (χ3n) is 8.10. The first-order valence-corrected chi connectivity index (χ1v) is 13.7. The number of hydrogen-bond donors (Lipinski definition) is 0. The lowest BCUT2D eigenvalue weighted by atomic mass is 9.82. The van der Waals surface area contributed by atoms with Crippen LogP contribution in [0.4, 0.5) is 35.1 Å². The minimum atomic E-state index is -2.14. The summed E-state index contributed by atoms with van der Waals surface area (Å²) < 4.78 is 119. The summed E-state index contributed by atoms with van der Waals surface area (Å²) in [5.74, 6) is -13.4. The fraction of sp³-hybridized carbons (Fsp3) is 0.0270. The smallest absolute Gasteiger partial charge is 0.134 e. The molecule has 7 aromatic rings. The second-order valence-corrected chi connectivity index (χ2v) is 10.7. The topological polar surface area (TPSA) is 0 Å². The number of benzene rings is 7. The van der Waals surface area contributed by atoms with Gasteiger partial charge in [0, 0.05) is 41.3 Å². The van der Waals surface area contributed by atoms with Crippen molar-refractivity contribution < 1.29 is 35.1 Å². The van der Waals surface area contributed by atoms with E-state index in [1.165, 1.54) is 6.07 Å². The highest BCUT2D eigenvalue weighted by atomic mass is 19.2. The van der Waals surface area contributed by atoms with Gasteiger partial charge in [0.05, 0.1) is 5.56 Å². The Hall–Kier alpha value is -5.24. The van der Waals surface area contributed by atoms with Crippen LogP contribution >= 0.6 is 0 Å². The minimum Gasteiger partial charge on any atom is -0.207 e. The van der Waals surface area contributed by atoms with Crippen LogP contribution < -0.4 is 0 Å². The van der Waals surface area contributed by atoms with Crippen LogP contribution in [0.3, 0.4) is 0 Å². The van der Waals surface area contributed by atoms with Gasteiger partial charge in [-0.2, -0.15) is 0 Å². The van der Waals surface area contributed by atoms with Gasteiger partial charge in [0.15, 0.2) is 0 Å². The predicted octanol–water partition coefficient (Wildman–Crippen LogP) is 11.1. The number of fused-ring (bicyclic) bond motifs is 6. The van der Waals surface area contributed by atoms with E-state index in [0.29, 0.717) is 17.5 Å². The Labute approximate surface area is 250 Å². The standard InChI is InChI=1S/C37H18F8/c38-20-14-30(42)36(31(43)15-20)35(37-32(44)16-21(39)17-33(37)45)19-12-28(40)34(29(41)13-19)18-9-10-26-24-7-2-1-5-22(24)23-6-3-4-8-25(23)27(26)11-18/h1-17,35H. The van der Waals surface area contributed by atoms with Crippen molar-refractivity contribution in [3.63, 3.8) is 0 Å². The molecule has 0 heterocycles. The monoisotopic (exact) mass is 614 g/mol. The molecule has 0 nitrogen and oxygen atoms in total. The molecule has 0 amide bonds. The number of halogens is 8. The molecule has 7 rings (SSSR count). The van der Waals surface area contributed by atoms with Gasteiger partial charge in [0.2, 0.25) is 0 Å². The lowest BCUT2D eigenvalue weighted by molar-refractivity contribution is 0.496. The molecule has 0 saturated carbocycles. The van der Waals surface area contributed by atoms with Gasteiger partial charge in [-0.3, -0.25) is 0 Å². The summed E-state index contributed by atoms with van der Waals surface area (Å²) in [5, 5.41) is 5.27. The lowest BCUT2D eigenvalue weighted by Gasteiger charge is -2.22. The third-order valence-corrected chi connectivity index (χ3v) is 8.10. The van der Waals surface area contributed by atoms with Crippen LogP contribution in [0.1, 0.15) is 22.6 Å². The molecule has 0 N–H and O–H groups in total. The fourth-order valence-electron chi connectivity index (χ4n) is 6.23. The molecule has 0 aliphatic heterocycles. The average molecular weight is 615 g/mol. The van der Waals surface area contributed by atoms with E-state index >= 15 is 26.3 Å². The molecule has 0 fully saturated rings. The maximum absolute atomic E-state index is 16.0. The quantitative estimate of drug-likeness (QED) is 0.105. The summed E-state index contributed by atoms with van der Waals surface area (Å²) in [7, 11) is 0. The molecular weight excluding hydrogens is 596 g/mol. The van der Waals surface area contributed by atoms with Crippen LogP contribution in [0.15, 0.2) is 103 Å². The maximum Gasteiger partial charge on any atom is 0.134 e. The average Bonchev–Trinajstić information content (AvgIpc) is 2.99. The molecule has 0 spiro atoms. The van der Waals surface area contributed by atoms with Crippen LogP contribution in [0, 0.1) is 46.5 Å². The molecule has 0 aliphatic rings. The predicted molar refractivity (Wildman–Crippen MR) is 158 cm³/mol. The lowest BCUT2D eigenvalue weighted by Crippen LogP contribution is -2.14. The van der Waals surface area contributed by atoms with E-state index in [0.717, 1.165) is 26.9 Å². The summed E-state index contributed by atoms with van der Waals surface area (Å²) in [5.41, 5.74) is -3.08. The van der Waals surface area contributed by atoms with E-state index in [9.17, 15) is 8.78 Å². The van der Waals surface area contributed by atoms with Crippen LogP contribution in [0.2, 0.25) is 0 Å². The molecule has 0 radical (unpaired) electrons. The minimum absolute atomic E-state index is 0.138. The first kappa shape index (κ1) is 28.5. The molecule has 0 atom stereocenters. The maximum atomic E-state index is 16.0. The third kappa shape index (κ3) is 4.68. The van der Waals surface area contributed by atoms with Crippen molar-refractivity contribution in [1.29, 1.82) is 0 Å². The van der Waals surface area contributed by atoms with Gasteiger partial charge in [-0.25, -0.2) is 35.1 Å². The molecule has 8 heteroatoms. The molecular formula is C37H18F8. The Morgan fingerprint density at radius 1 is 0.356 bits per heavy atom. The zero-order chi connectivity index (χ0) is 31.6. The molecule has 0 aliphatic carbocycles. The Kier molecular flexibility index (Phi) is 6.80. The van der Waals surface area contributed by atoms with Crippen molar-refractivity contribution in [2.24, 2.45) is 0 Å². The highest BCUT2D eigenvalue weighted by molar-refractivity contribution is 6.25. The van der Waals surface area contributed by atoms with Crippen molar-refractivity contribution in [3.8, 4) is 11.1 Å². The van der Waals surface area contributed by atoms with Crippen LogP contribution in [0.5, 0.6) is 0 Å². The van der Waals surface area contributed by atoms with Gasteiger partial charge in [-0.15, -0.1) is 0 Å². The van der Waals surface area contributed by atoms with E-state index in [2.05, 4.69) is 0 Å². The van der Waals surface area contributed by atoms with Crippen molar-refractivity contribution in [3.05, 3.63) is 166 Å². The second-order valence-electron chi connectivity index (χ2n) is 10.7. The molecule has 0 bridgehead atoms. The van der Waals surface area contributed by atoms with Crippen LogP contribution in [-0.2, 0) is 0 Å². The Morgan fingerprint density at radius 3 is 1.16 bits per heavy atom. The Balaban J connectivity index is 1.46. The van der Waals surface area contributed by atoms with Crippen molar-refractivity contribution in [2.45, 2.75) is 5.92 Å². The van der Waals surface area contributed by atoms with E-state index in [1.807, 2.05) is 48.5 Å². The zero-order valence-electron chi connectivity index (χ0n) is 22.9. The van der Waals surface area contributed by atoms with Gasteiger partial charge in [0.1, 0.15) is 46.5 Å². The van der Waals surface area contributed by atoms with Gasteiger partial charge in [0.25, 0.3) is 0 Å². The van der Waals surface area contributed by atoms with Crippen LogP contribution in [-0.4, -0.2) is 0 Å². The largest absolute Gasteiger partial charge is 0.207 e. The molecule has 45 heavy (non-hydrogen) atoms. The van der Waals surface area contributed by atoms with Gasteiger partial charge in [-0.1, -0.05) is 60.7 Å². The first-order chi connectivity index (χ1) is 21.6. The molecule has 0 aromatic heterocycles. The summed E-state index contributed by atoms with van der Waals surface area (Å²) in [6.45, 7) is 0. The number of hydrogen-bond acceptors (Lipinski definition) is 0. The Bertz CT molecular complexity index is 2160. The highest BCUT2D eigenvalue weighted by Gasteiger charge is 2.32. The zero-order valence-corrected chi connectivity index (χ0v) is 22.9. The van der Waals surface area contributed by atoms with Crippen LogP contribution in [0.25, 0.3) is 43.4 Å². The van der Waals surface area contributed by atoms with E-state index in [-0.39, 0.29) is 29.8 Å². The van der Waals surface area contributed by atoms with Crippen molar-refractivity contribution in [2.75, 3.05) is 0 Å². The van der Waals surface area contributed by atoms with Crippen molar-refractivity contribution >= 4 is 32.3 Å². The molecule has 0 unspecified atom stereocenters. The fourth-order valence-corrected chi connectivity index (χ4v) is 6.23.